The fourth-order valence-corrected chi connectivity index (χ4v) is 2.55. The van der Waals surface area contributed by atoms with Gasteiger partial charge in [-0.1, -0.05) is 18.9 Å². The highest BCUT2D eigenvalue weighted by atomic mass is 16.2. The molecule has 0 N–H and O–H groups in total. The smallest absolute Gasteiger partial charge is 0.293 e. The minimum atomic E-state index is -0.0946. The zero-order chi connectivity index (χ0) is 13.9. The van der Waals surface area contributed by atoms with E-state index in [9.17, 15) is 4.79 Å². The first-order valence-corrected chi connectivity index (χ1v) is 7.14. The van der Waals surface area contributed by atoms with Crippen molar-refractivity contribution in [2.24, 2.45) is 0 Å². The van der Waals surface area contributed by atoms with Gasteiger partial charge in [-0.2, -0.15) is 0 Å². The largest absolute Gasteiger partial charge is 0.336 e. The van der Waals surface area contributed by atoms with E-state index in [1.807, 2.05) is 30.0 Å². The van der Waals surface area contributed by atoms with Crippen LogP contribution in [0.3, 0.4) is 0 Å². The van der Waals surface area contributed by atoms with Crippen molar-refractivity contribution in [2.45, 2.75) is 32.6 Å². The Kier molecular flexibility index (Phi) is 3.58. The molecule has 20 heavy (non-hydrogen) atoms. The second-order valence-corrected chi connectivity index (χ2v) is 5.33. The van der Waals surface area contributed by atoms with Crippen LogP contribution in [0.5, 0.6) is 0 Å². The molecule has 3 rings (SSSR count). The molecule has 1 aliphatic rings. The summed E-state index contributed by atoms with van der Waals surface area (Å²) < 4.78 is 0. The Bertz CT molecular complexity index is 633. The number of amides is 1. The van der Waals surface area contributed by atoms with Crippen LogP contribution in [0, 0.1) is 6.92 Å². The van der Waals surface area contributed by atoms with Crippen LogP contribution in [0.4, 0.5) is 0 Å². The number of nitrogens with zero attached hydrogens (tertiary/aromatic N) is 4. The first kappa shape index (κ1) is 13.0. The Morgan fingerprint density at radius 3 is 2.55 bits per heavy atom. The topological polar surface area (TPSA) is 59.0 Å². The molecule has 0 unspecified atom stereocenters. The van der Waals surface area contributed by atoms with Gasteiger partial charge < -0.3 is 4.90 Å². The van der Waals surface area contributed by atoms with Gasteiger partial charge in [0, 0.05) is 13.1 Å². The molecule has 0 bridgehead atoms. The van der Waals surface area contributed by atoms with Crippen LogP contribution < -0.4 is 0 Å². The van der Waals surface area contributed by atoms with Crippen molar-refractivity contribution in [1.82, 2.24) is 20.1 Å². The van der Waals surface area contributed by atoms with Gasteiger partial charge in [-0.05, 0) is 37.5 Å². The number of carbonyl (C=O) groups is 1. The summed E-state index contributed by atoms with van der Waals surface area (Å²) in [4.78, 5) is 18.7. The number of aromatic nitrogens is 3. The molecule has 1 amide bonds. The first-order valence-electron chi connectivity index (χ1n) is 7.14. The van der Waals surface area contributed by atoms with Crippen LogP contribution in [-0.4, -0.2) is 39.1 Å². The van der Waals surface area contributed by atoms with E-state index in [2.05, 4.69) is 15.2 Å². The maximum Gasteiger partial charge on any atom is 0.293 e. The summed E-state index contributed by atoms with van der Waals surface area (Å²) in [7, 11) is 0. The predicted octanol–water partition coefficient (Wildman–Crippen LogP) is 2.35. The Morgan fingerprint density at radius 2 is 1.80 bits per heavy atom. The van der Waals surface area contributed by atoms with Gasteiger partial charge in [-0.3, -0.25) is 4.79 Å². The van der Waals surface area contributed by atoms with Gasteiger partial charge in [0.15, 0.2) is 0 Å². The van der Waals surface area contributed by atoms with Crippen molar-refractivity contribution in [3.05, 3.63) is 29.6 Å². The van der Waals surface area contributed by atoms with Crippen LogP contribution in [0.15, 0.2) is 18.2 Å². The Hall–Kier alpha value is -2.04. The van der Waals surface area contributed by atoms with Gasteiger partial charge >= 0.3 is 0 Å². The van der Waals surface area contributed by atoms with Crippen molar-refractivity contribution in [1.29, 1.82) is 0 Å². The van der Waals surface area contributed by atoms with E-state index in [1.165, 1.54) is 12.8 Å². The first-order chi connectivity index (χ1) is 9.74. The van der Waals surface area contributed by atoms with Crippen LogP contribution in [0.2, 0.25) is 0 Å². The lowest BCUT2D eigenvalue weighted by atomic mass is 10.2. The Morgan fingerprint density at radius 1 is 1.05 bits per heavy atom. The van der Waals surface area contributed by atoms with Crippen LogP contribution in [-0.2, 0) is 0 Å². The van der Waals surface area contributed by atoms with Crippen LogP contribution >= 0.6 is 0 Å². The molecule has 2 aromatic rings. The minimum Gasteiger partial charge on any atom is -0.336 e. The number of rotatable bonds is 1. The fourth-order valence-electron chi connectivity index (χ4n) is 2.55. The van der Waals surface area contributed by atoms with Crippen molar-refractivity contribution in [2.75, 3.05) is 13.1 Å². The lowest BCUT2D eigenvalue weighted by Crippen LogP contribution is -2.33. The number of carbonyl (C=O) groups excluding carboxylic acids is 1. The maximum absolute atomic E-state index is 12.4. The molecule has 104 valence electrons. The number of benzene rings is 1. The summed E-state index contributed by atoms with van der Waals surface area (Å²) in [6.07, 6.45) is 4.51. The van der Waals surface area contributed by atoms with Crippen molar-refractivity contribution < 1.29 is 4.79 Å². The summed E-state index contributed by atoms with van der Waals surface area (Å²) in [5, 5.41) is 8.09. The molecule has 1 aliphatic heterocycles. The Labute approximate surface area is 118 Å². The van der Waals surface area contributed by atoms with E-state index >= 15 is 0 Å². The third-order valence-corrected chi connectivity index (χ3v) is 3.69. The number of likely N-dealkylation sites (tertiary alicyclic amines) is 1. The van der Waals surface area contributed by atoms with E-state index < -0.39 is 0 Å². The molecular weight excluding hydrogens is 252 g/mol. The van der Waals surface area contributed by atoms with E-state index in [-0.39, 0.29) is 11.7 Å². The number of hydrogen-bond acceptors (Lipinski definition) is 4. The van der Waals surface area contributed by atoms with Gasteiger partial charge in [0.05, 0.1) is 5.52 Å². The quantitative estimate of drug-likeness (QED) is 0.798. The maximum atomic E-state index is 12.4. The lowest BCUT2D eigenvalue weighted by Gasteiger charge is -2.18. The zero-order valence-electron chi connectivity index (χ0n) is 11.7. The normalized spacial score (nSPS) is 16.1. The standard InChI is InChI=1S/C15H18N4O/c1-11-6-7-12-13(10-11)16-14(18-17-12)15(20)19-8-4-2-3-5-9-19/h6-7,10H,2-5,8-9H2,1H3. The van der Waals surface area contributed by atoms with E-state index in [0.717, 1.165) is 42.5 Å². The van der Waals surface area contributed by atoms with Gasteiger partial charge in [0.2, 0.25) is 5.82 Å². The van der Waals surface area contributed by atoms with Crippen LogP contribution in [0.25, 0.3) is 11.0 Å². The Balaban J connectivity index is 1.90. The number of hydrogen-bond donors (Lipinski definition) is 0. The summed E-state index contributed by atoms with van der Waals surface area (Å²) in [5.41, 5.74) is 2.56. The average molecular weight is 270 g/mol. The van der Waals surface area contributed by atoms with Crippen LogP contribution in [0.1, 0.15) is 41.9 Å². The highest BCUT2D eigenvalue weighted by molar-refractivity contribution is 5.92. The van der Waals surface area contributed by atoms with Gasteiger partial charge in [-0.15, -0.1) is 10.2 Å². The fraction of sp³-hybridized carbons (Fsp3) is 0.467. The third-order valence-electron chi connectivity index (χ3n) is 3.69. The molecule has 0 atom stereocenters. The SMILES string of the molecule is Cc1ccc2nnc(C(=O)N3CCCCCC3)nc2c1. The molecule has 5 heteroatoms. The zero-order valence-corrected chi connectivity index (χ0v) is 11.7. The predicted molar refractivity (Wildman–Crippen MR) is 76.4 cm³/mol. The van der Waals surface area contributed by atoms with E-state index in [1.54, 1.807) is 0 Å². The van der Waals surface area contributed by atoms with Gasteiger partial charge in [0.1, 0.15) is 5.52 Å². The van der Waals surface area contributed by atoms with E-state index in [0.29, 0.717) is 0 Å². The average Bonchev–Trinajstić information content (AvgIpc) is 2.74. The number of aryl methyl sites for hydroxylation is 1. The molecule has 0 spiro atoms. The monoisotopic (exact) mass is 270 g/mol. The molecule has 1 aromatic heterocycles. The summed E-state index contributed by atoms with van der Waals surface area (Å²) in [6.45, 7) is 3.60. The summed E-state index contributed by atoms with van der Waals surface area (Å²) in [5.74, 6) is 0.118. The molecule has 0 saturated carbocycles. The molecule has 2 heterocycles. The third kappa shape index (κ3) is 2.61. The second kappa shape index (κ2) is 5.53. The summed E-state index contributed by atoms with van der Waals surface area (Å²) in [6, 6.07) is 5.78. The van der Waals surface area contributed by atoms with E-state index in [4.69, 9.17) is 0 Å². The van der Waals surface area contributed by atoms with Gasteiger partial charge in [0.25, 0.3) is 5.91 Å². The molecule has 1 fully saturated rings. The second-order valence-electron chi connectivity index (χ2n) is 5.33. The highest BCUT2D eigenvalue weighted by Gasteiger charge is 2.20. The molecule has 1 aromatic carbocycles. The summed E-state index contributed by atoms with van der Waals surface area (Å²) >= 11 is 0. The van der Waals surface area contributed by atoms with Crippen molar-refractivity contribution >= 4 is 16.9 Å². The van der Waals surface area contributed by atoms with Crippen molar-refractivity contribution in [3.63, 3.8) is 0 Å². The molecule has 5 nitrogen and oxygen atoms in total. The highest BCUT2D eigenvalue weighted by Crippen LogP contribution is 2.14. The number of fused-ring (bicyclic) bond motifs is 1. The van der Waals surface area contributed by atoms with Gasteiger partial charge in [-0.25, -0.2) is 4.98 Å². The minimum absolute atomic E-state index is 0.0946. The molecule has 0 radical (unpaired) electrons. The molecule has 1 saturated heterocycles. The molecule has 0 aliphatic carbocycles. The lowest BCUT2D eigenvalue weighted by molar-refractivity contribution is 0.0748. The van der Waals surface area contributed by atoms with Crippen molar-refractivity contribution in [3.8, 4) is 0 Å². The molecular formula is C15H18N4O.